The summed E-state index contributed by atoms with van der Waals surface area (Å²) >= 11 is 0. The third-order valence-electron chi connectivity index (χ3n) is 4.70. The maximum Gasteiger partial charge on any atom is 0.412 e. The molecule has 0 heterocycles. The Kier molecular flexibility index (Phi) is 34.9. The number of hydrogen-bond acceptors (Lipinski definition) is 7. The number of unbranched alkanes of at least 4 members (excludes halogenated alkanes) is 15. The largest absolute Gasteiger partial charge is 0.435 e. The number of rotatable bonds is 30. The highest BCUT2D eigenvalue weighted by Gasteiger charge is 2.03. The molecule has 0 aromatic rings. The minimum atomic E-state index is -0.118. The average molecular weight is 590 g/mol. The summed E-state index contributed by atoms with van der Waals surface area (Å²) in [6.07, 6.45) is 22.5. The van der Waals surface area contributed by atoms with Crippen LogP contribution in [0.1, 0.15) is 110 Å². The molecule has 0 aromatic carbocycles. The second-order valence-electron chi connectivity index (χ2n) is 7.41. The summed E-state index contributed by atoms with van der Waals surface area (Å²) in [6.45, 7) is 2.29. The molecule has 7 nitrogen and oxygen atoms in total. The van der Waals surface area contributed by atoms with E-state index in [-0.39, 0.29) is 60.0 Å². The van der Waals surface area contributed by atoms with Gasteiger partial charge in [0.05, 0.1) is 0 Å². The Morgan fingerprint density at radius 2 is 0.758 bits per heavy atom. The molecule has 0 atom stereocenters. The van der Waals surface area contributed by atoms with Crippen LogP contribution in [0, 0.1) is 0 Å². The van der Waals surface area contributed by atoms with E-state index in [1.54, 1.807) is 0 Å². The Bertz CT molecular complexity index is 325. The zero-order valence-electron chi connectivity index (χ0n) is 19.9. The summed E-state index contributed by atoms with van der Waals surface area (Å²) in [6, 6.07) is 1.13. The van der Waals surface area contributed by atoms with Crippen molar-refractivity contribution in [2.24, 2.45) is 0 Å². The van der Waals surface area contributed by atoms with Gasteiger partial charge in [0, 0.05) is 0 Å². The predicted molar refractivity (Wildman–Crippen MR) is 138 cm³/mol. The van der Waals surface area contributed by atoms with E-state index >= 15 is 0 Å². The van der Waals surface area contributed by atoms with Crippen LogP contribution in [0.2, 0.25) is 6.04 Å². The second-order valence-corrected chi connectivity index (χ2v) is 14.9. The summed E-state index contributed by atoms with van der Waals surface area (Å²) in [5.74, 6) is 0. The molecule has 0 N–H and O–H groups in total. The van der Waals surface area contributed by atoms with E-state index in [1.807, 2.05) is 0 Å². The van der Waals surface area contributed by atoms with E-state index < -0.39 is 0 Å². The van der Waals surface area contributed by atoms with Gasteiger partial charge in [0.2, 0.25) is 20.2 Å². The van der Waals surface area contributed by atoms with Gasteiger partial charge in [-0.2, -0.15) is 0 Å². The molecule has 0 rings (SSSR count). The predicted octanol–water partition coefficient (Wildman–Crippen LogP) is 3.69. The third kappa shape index (κ3) is 33.5. The normalized spacial score (nSPS) is 11.5. The van der Waals surface area contributed by atoms with Crippen molar-refractivity contribution in [2.75, 3.05) is 0 Å². The second kappa shape index (κ2) is 33.5. The first-order valence-electron chi connectivity index (χ1n) is 11.9. The van der Waals surface area contributed by atoms with E-state index in [4.69, 9.17) is 24.7 Å². The van der Waals surface area contributed by atoms with Crippen molar-refractivity contribution in [3.63, 3.8) is 0 Å². The van der Waals surface area contributed by atoms with E-state index in [0.29, 0.717) is 9.76 Å². The molecule has 0 aliphatic carbocycles. The van der Waals surface area contributed by atoms with Crippen LogP contribution in [-0.4, -0.2) is 80.3 Å². The monoisotopic (exact) mass is 589 g/mol. The molecule has 0 bridgehead atoms. The van der Waals surface area contributed by atoms with Crippen LogP contribution < -0.4 is 0 Å². The average Bonchev–Trinajstić information content (AvgIpc) is 2.83. The van der Waals surface area contributed by atoms with Crippen LogP contribution in [-0.2, 0) is 28.8 Å². The SMILES string of the molecule is CCCCCCCCCCCCCCCCCC[Si]O[Si]O[Si]O[Si]O[Si]O[Si]O[Si]O[Si]. The van der Waals surface area contributed by atoms with Crippen LogP contribution in [0.25, 0.3) is 0 Å². The Labute approximate surface area is 224 Å². The number of hydrogen-bond donors (Lipinski definition) is 0. The molecule has 183 valence electrons. The molecule has 0 aliphatic heterocycles. The molecule has 0 spiro atoms. The zero-order valence-corrected chi connectivity index (χ0v) is 27.9. The first-order chi connectivity index (χ1) is 16.4. The van der Waals surface area contributed by atoms with Gasteiger partial charge in [0.15, 0.2) is 0 Å². The van der Waals surface area contributed by atoms with Gasteiger partial charge in [-0.15, -0.1) is 0 Å². The molecule has 33 heavy (non-hydrogen) atoms. The van der Waals surface area contributed by atoms with E-state index in [2.05, 4.69) is 21.5 Å². The lowest BCUT2D eigenvalue weighted by molar-refractivity contribution is 0.372. The molecule has 17 radical (unpaired) electrons. The first-order valence-corrected chi connectivity index (χ1v) is 18.3. The highest BCUT2D eigenvalue weighted by Crippen LogP contribution is 2.14. The maximum absolute atomic E-state index is 5.51. The minimum Gasteiger partial charge on any atom is -0.435 e. The summed E-state index contributed by atoms with van der Waals surface area (Å²) in [5.41, 5.74) is 0. The van der Waals surface area contributed by atoms with Crippen molar-refractivity contribution in [3.8, 4) is 0 Å². The standard InChI is InChI=1S/C18H37O7Si8/c1-2-3-4-5-6-7-8-9-10-11-12-13-14-15-16-17-18-27-20-29-22-31-24-33-25-32-23-30-21-28-19-26/h2-18H2,1H3. The molecule has 0 fully saturated rings. The van der Waals surface area contributed by atoms with Gasteiger partial charge in [-0.1, -0.05) is 110 Å². The smallest absolute Gasteiger partial charge is 0.412 e. The maximum atomic E-state index is 5.51. The molecule has 0 aromatic heterocycles. The molecule has 0 saturated carbocycles. The molecule has 0 aliphatic rings. The van der Waals surface area contributed by atoms with E-state index in [1.165, 1.54) is 103 Å². The van der Waals surface area contributed by atoms with Crippen molar-refractivity contribution >= 4 is 80.3 Å². The van der Waals surface area contributed by atoms with Gasteiger partial charge in [-0.3, -0.25) is 0 Å². The quantitative estimate of drug-likeness (QED) is 0.0935. The summed E-state index contributed by atoms with van der Waals surface area (Å²) in [5, 5.41) is 0. The molecule has 0 amide bonds. The van der Waals surface area contributed by atoms with E-state index in [9.17, 15) is 0 Å². The lowest BCUT2D eigenvalue weighted by Crippen LogP contribution is -2.20. The van der Waals surface area contributed by atoms with Crippen LogP contribution in [0.3, 0.4) is 0 Å². The molecule has 0 unspecified atom stereocenters. The Morgan fingerprint density at radius 1 is 0.424 bits per heavy atom. The fraction of sp³-hybridized carbons (Fsp3) is 1.00. The van der Waals surface area contributed by atoms with Gasteiger partial charge in [0.25, 0.3) is 0 Å². The van der Waals surface area contributed by atoms with Crippen molar-refractivity contribution < 1.29 is 28.8 Å². The summed E-state index contributed by atoms with van der Waals surface area (Å²) in [4.78, 5) is 0. The molecule has 15 heteroatoms. The minimum absolute atomic E-state index is 0.0383. The van der Waals surface area contributed by atoms with Gasteiger partial charge < -0.3 is 28.8 Å². The van der Waals surface area contributed by atoms with Gasteiger partial charge in [-0.05, 0) is 6.04 Å². The lowest BCUT2D eigenvalue weighted by atomic mass is 10.0. The fourth-order valence-corrected chi connectivity index (χ4v) is 8.00. The lowest BCUT2D eigenvalue weighted by Gasteiger charge is -2.04. The molecular formula is C18H37O7Si8. The summed E-state index contributed by atoms with van der Waals surface area (Å²) in [7, 11) is 2.90. The highest BCUT2D eigenvalue weighted by molar-refractivity contribution is 6.49. The zero-order chi connectivity index (χ0) is 23.9. The Hall–Kier alpha value is 1.46. The van der Waals surface area contributed by atoms with Crippen LogP contribution in [0.15, 0.2) is 0 Å². The Balaban J connectivity index is 2.99. The van der Waals surface area contributed by atoms with E-state index in [0.717, 1.165) is 6.04 Å². The van der Waals surface area contributed by atoms with Gasteiger partial charge in [0.1, 0.15) is 0 Å². The molecule has 0 saturated heterocycles. The van der Waals surface area contributed by atoms with Crippen molar-refractivity contribution in [1.82, 2.24) is 0 Å². The van der Waals surface area contributed by atoms with Gasteiger partial charge >= 0.3 is 60.0 Å². The first kappa shape index (κ1) is 34.5. The topological polar surface area (TPSA) is 64.6 Å². The highest BCUT2D eigenvalue weighted by atomic mass is 28.4. The van der Waals surface area contributed by atoms with Crippen LogP contribution in [0.5, 0.6) is 0 Å². The van der Waals surface area contributed by atoms with Crippen molar-refractivity contribution in [3.05, 3.63) is 0 Å². The Morgan fingerprint density at radius 3 is 1.15 bits per heavy atom. The summed E-state index contributed by atoms with van der Waals surface area (Å²) < 4.78 is 35.7. The third-order valence-corrected chi connectivity index (χ3v) is 9.84. The van der Waals surface area contributed by atoms with Crippen molar-refractivity contribution in [1.29, 1.82) is 0 Å². The van der Waals surface area contributed by atoms with Crippen molar-refractivity contribution in [2.45, 2.75) is 116 Å². The molecular weight excluding hydrogens is 553 g/mol. The van der Waals surface area contributed by atoms with Crippen LogP contribution >= 0.6 is 0 Å². The van der Waals surface area contributed by atoms with Crippen LogP contribution in [0.4, 0.5) is 0 Å². The van der Waals surface area contributed by atoms with Gasteiger partial charge in [-0.25, -0.2) is 0 Å². The fourth-order valence-electron chi connectivity index (χ4n) is 3.04.